The Labute approximate surface area is 151 Å². The van der Waals surface area contributed by atoms with Gasteiger partial charge < -0.3 is 15.1 Å². The number of fused-ring (bicyclic) bond motifs is 1. The molecule has 0 aromatic rings. The highest BCUT2D eigenvalue weighted by molar-refractivity contribution is 8.03. The Bertz CT molecular complexity index is 661. The van der Waals surface area contributed by atoms with Gasteiger partial charge in [-0.2, -0.15) is 0 Å². The van der Waals surface area contributed by atoms with E-state index >= 15 is 0 Å². The predicted octanol–water partition coefficient (Wildman–Crippen LogP) is 0.535. The number of aliphatic hydroxyl groups is 1. The van der Waals surface area contributed by atoms with Crippen molar-refractivity contribution in [3.63, 3.8) is 0 Å². The minimum atomic E-state index is -1.11. The molecule has 3 rings (SSSR count). The number of amides is 1. The molecule has 0 saturated carbocycles. The number of likely N-dealkylation sites (N-methyl/N-ethyl adjacent to an activating group) is 1. The molecular weight excluding hydrogens is 344 g/mol. The highest BCUT2D eigenvalue weighted by Gasteiger charge is 2.60. The maximum Gasteiger partial charge on any atom is 0.353 e. The van der Waals surface area contributed by atoms with Gasteiger partial charge in [0.1, 0.15) is 11.5 Å². The van der Waals surface area contributed by atoms with Crippen LogP contribution in [-0.4, -0.2) is 74.7 Å². The lowest BCUT2D eigenvalue weighted by molar-refractivity contribution is -0.163. The number of carbonyl (C=O) groups is 3. The number of aliphatic hydroxyl groups excluding tert-OH is 1. The molecule has 6 atom stereocenters. The third-order valence-corrected chi connectivity index (χ3v) is 7.08. The number of β-lactam (4-membered cyclic amide) rings is 1. The SMILES string of the molecule is CC(=O)[C@@H]1C[C@H](SC2=C(C(=O)O)N3C(=O)[C@H]([C@@H](C)O)[C@H]3[C@H]2C)CN1C. The number of nitrogens with zero attached hydrogens (tertiary/aromatic N) is 2. The Morgan fingerprint density at radius 2 is 2.00 bits per heavy atom. The fourth-order valence-electron chi connectivity index (χ4n) is 4.37. The van der Waals surface area contributed by atoms with Gasteiger partial charge in [0.25, 0.3) is 0 Å². The first-order valence-electron chi connectivity index (χ1n) is 8.51. The maximum atomic E-state index is 12.3. The molecule has 3 heterocycles. The largest absolute Gasteiger partial charge is 0.477 e. The topological polar surface area (TPSA) is 98.2 Å². The second kappa shape index (κ2) is 6.41. The maximum absolute atomic E-state index is 12.3. The van der Waals surface area contributed by atoms with E-state index in [1.54, 1.807) is 13.8 Å². The number of hydrogen-bond acceptors (Lipinski definition) is 6. The normalized spacial score (nSPS) is 36.4. The van der Waals surface area contributed by atoms with Crippen molar-refractivity contribution in [2.45, 2.75) is 50.6 Å². The van der Waals surface area contributed by atoms with Crippen molar-refractivity contribution >= 4 is 29.4 Å². The van der Waals surface area contributed by atoms with Crippen molar-refractivity contribution in [2.24, 2.45) is 11.8 Å². The standard InChI is InChI=1S/C17H24N2O5S/c1-7-13-12(9(3)21)16(22)19(13)14(17(23)24)15(7)25-10-5-11(8(2)20)18(4)6-10/h7,9-13,21H,5-6H2,1-4H3,(H,23,24)/t7-,9-,10+,11+,12-,13-/m1/s1. The highest BCUT2D eigenvalue weighted by Crippen LogP contribution is 2.52. The van der Waals surface area contributed by atoms with Gasteiger partial charge in [-0.05, 0) is 27.3 Å². The molecule has 25 heavy (non-hydrogen) atoms. The van der Waals surface area contributed by atoms with E-state index in [-0.39, 0.29) is 40.6 Å². The average molecular weight is 368 g/mol. The van der Waals surface area contributed by atoms with Crippen LogP contribution in [-0.2, 0) is 14.4 Å². The lowest BCUT2D eigenvalue weighted by Gasteiger charge is -2.46. The quantitative estimate of drug-likeness (QED) is 0.683. The second-order valence-corrected chi connectivity index (χ2v) is 8.66. The zero-order valence-corrected chi connectivity index (χ0v) is 15.6. The minimum Gasteiger partial charge on any atom is -0.477 e. The summed E-state index contributed by atoms with van der Waals surface area (Å²) in [5.41, 5.74) is 0.0540. The molecule has 0 unspecified atom stereocenters. The Kier molecular flexibility index (Phi) is 4.72. The molecule has 3 aliphatic rings. The van der Waals surface area contributed by atoms with E-state index in [0.29, 0.717) is 17.9 Å². The fourth-order valence-corrected chi connectivity index (χ4v) is 5.97. The van der Waals surface area contributed by atoms with Crippen LogP contribution in [0, 0.1) is 11.8 Å². The van der Waals surface area contributed by atoms with Crippen LogP contribution in [0.4, 0.5) is 0 Å². The number of carboxylic acids is 1. The van der Waals surface area contributed by atoms with Crippen molar-refractivity contribution in [3.8, 4) is 0 Å². The monoisotopic (exact) mass is 368 g/mol. The van der Waals surface area contributed by atoms with Gasteiger partial charge in [0, 0.05) is 22.6 Å². The first-order valence-corrected chi connectivity index (χ1v) is 9.39. The average Bonchev–Trinajstić information content (AvgIpc) is 2.97. The second-order valence-electron chi connectivity index (χ2n) is 7.31. The molecule has 2 saturated heterocycles. The molecule has 138 valence electrons. The molecule has 0 radical (unpaired) electrons. The number of carbonyl (C=O) groups excluding carboxylic acids is 2. The van der Waals surface area contributed by atoms with Crippen LogP contribution in [0.15, 0.2) is 10.6 Å². The van der Waals surface area contributed by atoms with Gasteiger partial charge in [0.05, 0.1) is 24.1 Å². The Hall–Kier alpha value is -1.38. The van der Waals surface area contributed by atoms with Gasteiger partial charge in [-0.3, -0.25) is 14.5 Å². The first-order chi connectivity index (χ1) is 11.6. The summed E-state index contributed by atoms with van der Waals surface area (Å²) in [6.07, 6.45) is -0.117. The van der Waals surface area contributed by atoms with Gasteiger partial charge in [-0.15, -0.1) is 11.8 Å². The van der Waals surface area contributed by atoms with E-state index in [0.717, 1.165) is 0 Å². The number of likely N-dealkylation sites (tertiary alicyclic amines) is 1. The van der Waals surface area contributed by atoms with E-state index in [1.807, 2.05) is 18.9 Å². The summed E-state index contributed by atoms with van der Waals surface area (Å²) in [6.45, 7) is 5.77. The van der Waals surface area contributed by atoms with E-state index in [4.69, 9.17) is 0 Å². The molecule has 8 heteroatoms. The van der Waals surface area contributed by atoms with E-state index in [1.165, 1.54) is 16.7 Å². The number of aliphatic carboxylic acids is 1. The van der Waals surface area contributed by atoms with Crippen LogP contribution >= 0.6 is 11.8 Å². The van der Waals surface area contributed by atoms with Gasteiger partial charge in [0.15, 0.2) is 0 Å². The third-order valence-electron chi connectivity index (χ3n) is 5.58. The van der Waals surface area contributed by atoms with Crippen LogP contribution in [0.5, 0.6) is 0 Å². The van der Waals surface area contributed by atoms with Crippen LogP contribution in [0.25, 0.3) is 0 Å². The number of ketones is 1. The van der Waals surface area contributed by atoms with E-state index in [9.17, 15) is 24.6 Å². The van der Waals surface area contributed by atoms with Crippen LogP contribution in [0.2, 0.25) is 0 Å². The molecule has 1 amide bonds. The highest BCUT2D eigenvalue weighted by atomic mass is 32.2. The molecule has 2 N–H and O–H groups in total. The van der Waals surface area contributed by atoms with E-state index < -0.39 is 18.0 Å². The lowest BCUT2D eigenvalue weighted by Crippen LogP contribution is -2.63. The number of thioether (sulfide) groups is 1. The number of rotatable bonds is 5. The summed E-state index contributed by atoms with van der Waals surface area (Å²) in [5, 5.41) is 19.6. The molecule has 0 aromatic heterocycles. The van der Waals surface area contributed by atoms with Crippen molar-refractivity contribution in [2.75, 3.05) is 13.6 Å². The smallest absolute Gasteiger partial charge is 0.353 e. The molecule has 3 aliphatic heterocycles. The fraction of sp³-hybridized carbons (Fsp3) is 0.706. The van der Waals surface area contributed by atoms with Crippen molar-refractivity contribution in [1.29, 1.82) is 0 Å². The molecule has 7 nitrogen and oxygen atoms in total. The Morgan fingerprint density at radius 1 is 1.36 bits per heavy atom. The Balaban J connectivity index is 1.84. The number of Topliss-reactive ketones (excluding diaryl/α,β-unsaturated/α-hetero) is 1. The Morgan fingerprint density at radius 3 is 2.48 bits per heavy atom. The summed E-state index contributed by atoms with van der Waals surface area (Å²) in [7, 11) is 1.90. The van der Waals surface area contributed by atoms with Crippen LogP contribution < -0.4 is 0 Å². The van der Waals surface area contributed by atoms with Crippen molar-refractivity contribution in [3.05, 3.63) is 10.6 Å². The summed E-state index contributed by atoms with van der Waals surface area (Å²) < 4.78 is 0. The summed E-state index contributed by atoms with van der Waals surface area (Å²) in [6, 6.07) is -0.421. The summed E-state index contributed by atoms with van der Waals surface area (Å²) >= 11 is 1.48. The third kappa shape index (κ3) is 2.80. The van der Waals surface area contributed by atoms with Crippen molar-refractivity contribution in [1.82, 2.24) is 9.80 Å². The zero-order valence-electron chi connectivity index (χ0n) is 14.8. The lowest BCUT2D eigenvalue weighted by atomic mass is 9.79. The predicted molar refractivity (Wildman–Crippen MR) is 92.7 cm³/mol. The van der Waals surface area contributed by atoms with Crippen LogP contribution in [0.3, 0.4) is 0 Å². The molecular formula is C17H24N2O5S. The van der Waals surface area contributed by atoms with Crippen LogP contribution in [0.1, 0.15) is 27.2 Å². The summed E-state index contributed by atoms with van der Waals surface area (Å²) in [4.78, 5) is 39.9. The summed E-state index contributed by atoms with van der Waals surface area (Å²) in [5.74, 6) is -1.98. The van der Waals surface area contributed by atoms with Gasteiger partial charge >= 0.3 is 5.97 Å². The molecule has 0 aromatic carbocycles. The van der Waals surface area contributed by atoms with Gasteiger partial charge in [-0.25, -0.2) is 4.79 Å². The van der Waals surface area contributed by atoms with Gasteiger partial charge in [-0.1, -0.05) is 6.92 Å². The molecule has 2 fully saturated rings. The molecule has 0 bridgehead atoms. The number of carboxylic acid groups (broad SMARTS) is 1. The van der Waals surface area contributed by atoms with Crippen molar-refractivity contribution < 1.29 is 24.6 Å². The first kappa shape index (κ1) is 18.4. The van der Waals surface area contributed by atoms with E-state index in [2.05, 4.69) is 0 Å². The minimum absolute atomic E-state index is 0.0540. The zero-order chi connectivity index (χ0) is 18.6. The molecule has 0 spiro atoms. The number of hydrogen-bond donors (Lipinski definition) is 2. The van der Waals surface area contributed by atoms with Gasteiger partial charge in [0.2, 0.25) is 5.91 Å². The molecule has 0 aliphatic carbocycles.